The predicted molar refractivity (Wildman–Crippen MR) is 158 cm³/mol. The van der Waals surface area contributed by atoms with Crippen LogP contribution in [0, 0.1) is 6.92 Å². The minimum atomic E-state index is -1.32. The summed E-state index contributed by atoms with van der Waals surface area (Å²) in [6.07, 6.45) is 0. The fourth-order valence-electron chi connectivity index (χ4n) is 4.20. The van der Waals surface area contributed by atoms with Crippen molar-refractivity contribution in [2.75, 3.05) is 29.8 Å². The highest BCUT2D eigenvalue weighted by Crippen LogP contribution is 2.41. The van der Waals surface area contributed by atoms with Gasteiger partial charge < -0.3 is 25.7 Å². The first kappa shape index (κ1) is 31.2. The van der Waals surface area contributed by atoms with Gasteiger partial charge in [-0.25, -0.2) is 19.6 Å². The molecule has 44 heavy (non-hydrogen) atoms. The molecule has 2 atom stereocenters. The SMILES string of the molecule is CON=C(C(=O)N[C@@H]1C(=O)N2C(C(=O)O)=C(CSc3cc(C)nc4nc(C(=O)O)nn34)CS[C@H]12)c1csc(NC(=O)CCl)n1. The number of aromatic nitrogens is 5. The average molecular weight is 682 g/mol. The van der Waals surface area contributed by atoms with Crippen LogP contribution in [0.4, 0.5) is 5.13 Å². The van der Waals surface area contributed by atoms with Crippen LogP contribution in [-0.4, -0.2) is 111 Å². The number of β-lactam (4-membered cyclic amide) rings is 1. The third kappa shape index (κ3) is 6.05. The Labute approximate surface area is 264 Å². The number of nitrogens with zero attached hydrogens (tertiary/aromatic N) is 7. The number of aromatic carboxylic acids is 1. The number of hydrogen-bond acceptors (Lipinski definition) is 14. The fraction of sp³-hybridized carbons (Fsp3) is 0.304. The number of aliphatic carboxylic acids is 1. The summed E-state index contributed by atoms with van der Waals surface area (Å²) in [5, 5.41) is 33.4. The lowest BCUT2D eigenvalue weighted by Gasteiger charge is -2.49. The molecule has 1 saturated heterocycles. The third-order valence-electron chi connectivity index (χ3n) is 6.04. The standard InChI is InChI=1S/C23H20ClN9O8S3/c1-8-3-12(33-22(25-8)29-16(30-33)21(39)40)42-5-9-6-43-19-14(18(36)32(19)15(9)20(37)38)28-17(35)13(31-41-2)10-7-44-23(26-10)27-11(34)4-24/h3,7,14,19H,4-6H2,1-2H3,(H,28,35)(H,37,38)(H,39,40)(H,26,27,34)/t14-,19-/m1/s1. The summed E-state index contributed by atoms with van der Waals surface area (Å²) < 4.78 is 1.26. The maximum atomic E-state index is 13.2. The highest BCUT2D eigenvalue weighted by molar-refractivity contribution is 8.01. The molecule has 0 bridgehead atoms. The Morgan fingerprint density at radius 1 is 1.23 bits per heavy atom. The molecule has 5 heterocycles. The lowest BCUT2D eigenvalue weighted by molar-refractivity contribution is -0.150. The second-order valence-corrected chi connectivity index (χ2v) is 12.2. The number of amides is 3. The monoisotopic (exact) mass is 681 g/mol. The topological polar surface area (TPSA) is 231 Å². The molecule has 21 heteroatoms. The summed E-state index contributed by atoms with van der Waals surface area (Å²) >= 11 is 8.97. The van der Waals surface area contributed by atoms with Crippen molar-refractivity contribution < 1.29 is 39.0 Å². The molecule has 0 aromatic carbocycles. The predicted octanol–water partition coefficient (Wildman–Crippen LogP) is 0.646. The first-order valence-corrected chi connectivity index (χ1v) is 15.7. The van der Waals surface area contributed by atoms with E-state index in [0.29, 0.717) is 16.3 Å². The lowest BCUT2D eigenvalue weighted by atomic mass is 10.0. The Kier molecular flexibility index (Phi) is 9.04. The van der Waals surface area contributed by atoms with Crippen LogP contribution in [0.15, 0.2) is 32.9 Å². The number of rotatable bonds is 11. The number of carbonyl (C=O) groups excluding carboxylic acids is 3. The van der Waals surface area contributed by atoms with Gasteiger partial charge in [-0.05, 0) is 18.6 Å². The summed E-state index contributed by atoms with van der Waals surface area (Å²) in [6, 6.07) is 0.605. The van der Waals surface area contributed by atoms with Crippen molar-refractivity contribution in [2.24, 2.45) is 5.16 Å². The number of thiazole rings is 1. The van der Waals surface area contributed by atoms with Gasteiger partial charge in [0.05, 0.1) is 0 Å². The van der Waals surface area contributed by atoms with Gasteiger partial charge in [0.25, 0.3) is 23.4 Å². The van der Waals surface area contributed by atoms with Gasteiger partial charge in [0.2, 0.25) is 5.91 Å². The van der Waals surface area contributed by atoms with Crippen molar-refractivity contribution in [1.82, 2.24) is 34.8 Å². The van der Waals surface area contributed by atoms with Gasteiger partial charge in [0, 0.05) is 22.6 Å². The van der Waals surface area contributed by atoms with Crippen LogP contribution in [0.2, 0.25) is 0 Å². The zero-order chi connectivity index (χ0) is 31.7. The highest BCUT2D eigenvalue weighted by Gasteiger charge is 2.54. The largest absolute Gasteiger partial charge is 0.477 e. The van der Waals surface area contributed by atoms with Crippen molar-refractivity contribution in [3.05, 3.63) is 39.9 Å². The van der Waals surface area contributed by atoms with E-state index in [1.165, 1.54) is 40.5 Å². The molecule has 0 aliphatic carbocycles. The number of anilines is 1. The molecule has 2 aliphatic heterocycles. The Morgan fingerprint density at radius 2 is 2.00 bits per heavy atom. The van der Waals surface area contributed by atoms with Gasteiger partial charge in [0.15, 0.2) is 10.8 Å². The smallest absolute Gasteiger partial charge is 0.375 e. The minimum absolute atomic E-state index is 0.0768. The maximum Gasteiger partial charge on any atom is 0.375 e. The van der Waals surface area contributed by atoms with E-state index >= 15 is 0 Å². The van der Waals surface area contributed by atoms with Crippen LogP contribution < -0.4 is 10.6 Å². The van der Waals surface area contributed by atoms with Crippen LogP contribution in [0.1, 0.15) is 22.0 Å². The Hall–Kier alpha value is -4.27. The second kappa shape index (κ2) is 12.8. The molecule has 17 nitrogen and oxygen atoms in total. The Morgan fingerprint density at radius 3 is 2.68 bits per heavy atom. The molecule has 3 aromatic rings. The zero-order valence-electron chi connectivity index (χ0n) is 22.5. The molecule has 0 radical (unpaired) electrons. The number of thioether (sulfide) groups is 2. The van der Waals surface area contributed by atoms with Gasteiger partial charge >= 0.3 is 11.9 Å². The molecule has 3 aromatic heterocycles. The molecule has 2 aliphatic rings. The number of halogens is 1. The van der Waals surface area contributed by atoms with E-state index in [9.17, 15) is 34.2 Å². The number of hydrogen-bond donors (Lipinski definition) is 4. The highest BCUT2D eigenvalue weighted by atomic mass is 35.5. The Balaban J connectivity index is 1.32. The number of carboxylic acid groups (broad SMARTS) is 2. The summed E-state index contributed by atoms with van der Waals surface area (Å²) in [5.74, 6) is -4.82. The first-order valence-electron chi connectivity index (χ1n) is 12.3. The second-order valence-electron chi connectivity index (χ2n) is 8.94. The molecule has 5 rings (SSSR count). The van der Waals surface area contributed by atoms with E-state index in [1.54, 1.807) is 13.0 Å². The molecule has 3 amide bonds. The van der Waals surface area contributed by atoms with E-state index in [4.69, 9.17) is 16.4 Å². The Bertz CT molecular complexity index is 1770. The van der Waals surface area contributed by atoms with Crippen molar-refractivity contribution in [2.45, 2.75) is 23.4 Å². The molecular weight excluding hydrogens is 662 g/mol. The molecule has 4 N–H and O–H groups in total. The average Bonchev–Trinajstić information content (AvgIpc) is 3.63. The van der Waals surface area contributed by atoms with Crippen molar-refractivity contribution in [1.29, 1.82) is 0 Å². The summed E-state index contributed by atoms with van der Waals surface area (Å²) in [4.78, 5) is 79.6. The molecule has 230 valence electrons. The van der Waals surface area contributed by atoms with E-state index in [1.807, 2.05) is 0 Å². The van der Waals surface area contributed by atoms with Gasteiger partial charge in [-0.1, -0.05) is 5.16 Å². The van der Waals surface area contributed by atoms with Gasteiger partial charge in [-0.15, -0.1) is 51.6 Å². The first-order chi connectivity index (χ1) is 21.0. The fourth-order valence-corrected chi connectivity index (χ4v) is 7.51. The number of aryl methyl sites for hydroxylation is 1. The maximum absolute atomic E-state index is 13.2. The van der Waals surface area contributed by atoms with Gasteiger partial charge in [-0.2, -0.15) is 9.50 Å². The molecule has 1 fully saturated rings. The molecular formula is C23H20ClN9O8S3. The van der Waals surface area contributed by atoms with Gasteiger partial charge in [-0.3, -0.25) is 19.3 Å². The quantitative estimate of drug-likeness (QED) is 0.0544. The minimum Gasteiger partial charge on any atom is -0.477 e. The van der Waals surface area contributed by atoms with E-state index in [-0.39, 0.29) is 45.4 Å². The molecule has 0 spiro atoms. The molecule has 0 saturated carbocycles. The van der Waals surface area contributed by atoms with Crippen molar-refractivity contribution in [3.8, 4) is 0 Å². The molecule has 0 unspecified atom stereocenters. The van der Waals surface area contributed by atoms with Gasteiger partial charge in [0.1, 0.15) is 40.8 Å². The summed E-state index contributed by atoms with van der Waals surface area (Å²) in [7, 11) is 1.22. The summed E-state index contributed by atoms with van der Waals surface area (Å²) in [5.41, 5.74) is 0.614. The number of fused-ring (bicyclic) bond motifs is 2. The zero-order valence-corrected chi connectivity index (χ0v) is 25.7. The normalized spacial score (nSPS) is 18.1. The van der Waals surface area contributed by atoms with Crippen molar-refractivity contribution >= 4 is 92.7 Å². The van der Waals surface area contributed by atoms with Crippen LogP contribution >= 0.6 is 46.5 Å². The number of alkyl halides is 1. The number of oxime groups is 1. The third-order valence-corrected chi connectivity index (χ3v) is 9.46. The van der Waals surface area contributed by atoms with Crippen molar-refractivity contribution in [3.63, 3.8) is 0 Å². The number of nitrogens with one attached hydrogen (secondary N) is 2. The van der Waals surface area contributed by atoms with Crippen LogP contribution in [0.3, 0.4) is 0 Å². The summed E-state index contributed by atoms with van der Waals surface area (Å²) in [6.45, 7) is 1.70. The van der Waals surface area contributed by atoms with E-state index in [0.717, 1.165) is 16.2 Å². The van der Waals surface area contributed by atoms with Crippen LogP contribution in [0.5, 0.6) is 0 Å². The van der Waals surface area contributed by atoms with Crippen LogP contribution in [0.25, 0.3) is 5.78 Å². The number of carboxylic acids is 2. The van der Waals surface area contributed by atoms with E-state index < -0.39 is 46.9 Å². The number of carbonyl (C=O) groups is 5. The lowest BCUT2D eigenvalue weighted by Crippen LogP contribution is -2.71. The van der Waals surface area contributed by atoms with E-state index in [2.05, 4.69) is 35.8 Å². The van der Waals surface area contributed by atoms with Crippen LogP contribution in [-0.2, 0) is 24.0 Å².